The van der Waals surface area contributed by atoms with Crippen LogP contribution in [0.2, 0.25) is 0 Å². The lowest BCUT2D eigenvalue weighted by atomic mass is 10.2. The van der Waals surface area contributed by atoms with E-state index in [0.717, 1.165) is 10.6 Å². The van der Waals surface area contributed by atoms with Crippen molar-refractivity contribution in [2.24, 2.45) is 0 Å². The SMILES string of the molecule is CON1CNc2sc(C(=O)O)cc2C1. The molecule has 0 unspecified atom stereocenters. The summed E-state index contributed by atoms with van der Waals surface area (Å²) in [4.78, 5) is 16.1. The molecule has 0 atom stereocenters. The number of nitrogens with one attached hydrogen (secondary N) is 1. The van der Waals surface area contributed by atoms with E-state index in [1.807, 2.05) is 0 Å². The molecule has 1 aromatic rings. The summed E-state index contributed by atoms with van der Waals surface area (Å²) in [5, 5.41) is 14.5. The van der Waals surface area contributed by atoms with E-state index in [1.54, 1.807) is 18.2 Å². The standard InChI is InChI=1S/C8H10N2O3S/c1-13-10-3-5-2-6(8(11)12)14-7(5)9-4-10/h2,9H,3-4H2,1H3,(H,11,12). The summed E-state index contributed by atoms with van der Waals surface area (Å²) in [6, 6.07) is 1.68. The number of aromatic carboxylic acids is 1. The van der Waals surface area contributed by atoms with E-state index in [0.29, 0.717) is 18.1 Å². The summed E-state index contributed by atoms with van der Waals surface area (Å²) in [5.41, 5.74) is 0.973. The summed E-state index contributed by atoms with van der Waals surface area (Å²) in [5.74, 6) is -0.879. The van der Waals surface area contributed by atoms with E-state index in [9.17, 15) is 4.79 Å². The molecule has 0 bridgehead atoms. The zero-order chi connectivity index (χ0) is 10.1. The van der Waals surface area contributed by atoms with Crippen molar-refractivity contribution in [2.45, 2.75) is 6.54 Å². The predicted molar refractivity (Wildman–Crippen MR) is 52.3 cm³/mol. The van der Waals surface area contributed by atoms with Crippen LogP contribution in [0.1, 0.15) is 15.2 Å². The quantitative estimate of drug-likeness (QED) is 0.774. The highest BCUT2D eigenvalue weighted by atomic mass is 32.1. The van der Waals surface area contributed by atoms with Gasteiger partial charge in [-0.25, -0.2) is 4.79 Å². The van der Waals surface area contributed by atoms with Crippen molar-refractivity contribution in [2.75, 3.05) is 19.1 Å². The van der Waals surface area contributed by atoms with Crippen LogP contribution >= 0.6 is 11.3 Å². The van der Waals surface area contributed by atoms with Crippen molar-refractivity contribution in [3.8, 4) is 0 Å². The molecule has 2 heterocycles. The van der Waals surface area contributed by atoms with E-state index in [-0.39, 0.29) is 0 Å². The van der Waals surface area contributed by atoms with Crippen LogP contribution in [0, 0.1) is 0 Å². The molecule has 0 spiro atoms. The Morgan fingerprint density at radius 2 is 2.57 bits per heavy atom. The Bertz CT molecular complexity index is 363. The van der Waals surface area contributed by atoms with Crippen molar-refractivity contribution in [3.63, 3.8) is 0 Å². The van der Waals surface area contributed by atoms with Gasteiger partial charge >= 0.3 is 5.97 Å². The largest absolute Gasteiger partial charge is 0.477 e. The molecular weight excluding hydrogens is 204 g/mol. The maximum atomic E-state index is 10.7. The molecule has 76 valence electrons. The Labute approximate surface area is 84.9 Å². The van der Waals surface area contributed by atoms with Gasteiger partial charge in [-0.15, -0.1) is 11.3 Å². The van der Waals surface area contributed by atoms with Gasteiger partial charge in [-0.1, -0.05) is 0 Å². The maximum Gasteiger partial charge on any atom is 0.345 e. The van der Waals surface area contributed by atoms with Crippen LogP contribution in [0.25, 0.3) is 0 Å². The van der Waals surface area contributed by atoms with Crippen LogP contribution in [-0.4, -0.2) is 29.9 Å². The van der Waals surface area contributed by atoms with Crippen molar-refractivity contribution < 1.29 is 14.7 Å². The number of hydrogen-bond donors (Lipinski definition) is 2. The molecule has 2 N–H and O–H groups in total. The maximum absolute atomic E-state index is 10.7. The van der Waals surface area contributed by atoms with Gasteiger partial charge in [-0.05, 0) is 6.07 Å². The Morgan fingerprint density at radius 1 is 1.79 bits per heavy atom. The molecule has 1 aliphatic rings. The molecule has 14 heavy (non-hydrogen) atoms. The Balaban J connectivity index is 2.25. The van der Waals surface area contributed by atoms with Gasteiger partial charge in [0.25, 0.3) is 0 Å². The van der Waals surface area contributed by atoms with Gasteiger partial charge in [0.1, 0.15) is 4.88 Å². The summed E-state index contributed by atoms with van der Waals surface area (Å²) < 4.78 is 0. The van der Waals surface area contributed by atoms with Crippen LogP contribution in [0.5, 0.6) is 0 Å². The summed E-state index contributed by atoms with van der Waals surface area (Å²) in [6.07, 6.45) is 0. The number of fused-ring (bicyclic) bond motifs is 1. The molecular formula is C8H10N2O3S. The molecule has 0 amide bonds. The van der Waals surface area contributed by atoms with Gasteiger partial charge in [0.15, 0.2) is 0 Å². The molecule has 0 saturated heterocycles. The van der Waals surface area contributed by atoms with E-state index >= 15 is 0 Å². The first kappa shape index (κ1) is 9.45. The first-order chi connectivity index (χ1) is 6.70. The highest BCUT2D eigenvalue weighted by Gasteiger charge is 2.20. The van der Waals surface area contributed by atoms with Crippen molar-refractivity contribution >= 4 is 22.3 Å². The first-order valence-corrected chi connectivity index (χ1v) is 4.91. The minimum absolute atomic E-state index is 0.362. The number of nitrogens with zero attached hydrogens (tertiary/aromatic N) is 1. The van der Waals surface area contributed by atoms with Gasteiger partial charge in [0, 0.05) is 5.56 Å². The number of hydrogen-bond acceptors (Lipinski definition) is 5. The minimum Gasteiger partial charge on any atom is -0.477 e. The lowest BCUT2D eigenvalue weighted by Gasteiger charge is -2.25. The second kappa shape index (κ2) is 3.56. The molecule has 6 heteroatoms. The van der Waals surface area contributed by atoms with Crippen LogP contribution in [-0.2, 0) is 11.4 Å². The van der Waals surface area contributed by atoms with E-state index in [1.165, 1.54) is 11.3 Å². The molecule has 0 aromatic carbocycles. The predicted octanol–water partition coefficient (Wildman–Crippen LogP) is 1.19. The lowest BCUT2D eigenvalue weighted by molar-refractivity contribution is -0.135. The number of carbonyl (C=O) groups is 1. The molecule has 5 nitrogen and oxygen atoms in total. The minimum atomic E-state index is -0.879. The monoisotopic (exact) mass is 214 g/mol. The molecule has 2 rings (SSSR count). The van der Waals surface area contributed by atoms with E-state index < -0.39 is 5.97 Å². The van der Waals surface area contributed by atoms with Gasteiger partial charge < -0.3 is 15.3 Å². The van der Waals surface area contributed by atoms with Gasteiger partial charge in [-0.2, -0.15) is 5.06 Å². The number of anilines is 1. The number of carboxylic acids is 1. The second-order valence-corrected chi connectivity index (χ2v) is 3.98. The van der Waals surface area contributed by atoms with Crippen molar-refractivity contribution in [1.82, 2.24) is 5.06 Å². The Morgan fingerprint density at radius 3 is 3.21 bits per heavy atom. The fourth-order valence-corrected chi connectivity index (χ4v) is 2.24. The number of rotatable bonds is 2. The molecule has 0 saturated carbocycles. The number of thiophene rings is 1. The second-order valence-electron chi connectivity index (χ2n) is 2.93. The van der Waals surface area contributed by atoms with Gasteiger partial charge in [-0.3, -0.25) is 0 Å². The summed E-state index contributed by atoms with van der Waals surface area (Å²) in [6.45, 7) is 1.21. The van der Waals surface area contributed by atoms with Crippen LogP contribution in [0.15, 0.2) is 6.07 Å². The van der Waals surface area contributed by atoms with Gasteiger partial charge in [0.05, 0.1) is 25.3 Å². The third-order valence-electron chi connectivity index (χ3n) is 2.04. The molecule has 1 aromatic heterocycles. The van der Waals surface area contributed by atoms with E-state index in [4.69, 9.17) is 9.94 Å². The molecule has 0 radical (unpaired) electrons. The summed E-state index contributed by atoms with van der Waals surface area (Å²) >= 11 is 1.26. The fraction of sp³-hybridized carbons (Fsp3) is 0.375. The van der Waals surface area contributed by atoms with Crippen LogP contribution in [0.4, 0.5) is 5.00 Å². The number of hydroxylamine groups is 2. The van der Waals surface area contributed by atoms with Crippen molar-refractivity contribution in [3.05, 3.63) is 16.5 Å². The topological polar surface area (TPSA) is 61.8 Å². The van der Waals surface area contributed by atoms with Crippen molar-refractivity contribution in [1.29, 1.82) is 0 Å². The summed E-state index contributed by atoms with van der Waals surface area (Å²) in [7, 11) is 1.59. The molecule has 0 aliphatic carbocycles. The van der Waals surface area contributed by atoms with Crippen LogP contribution < -0.4 is 5.32 Å². The third-order valence-corrected chi connectivity index (χ3v) is 3.16. The highest BCUT2D eigenvalue weighted by Crippen LogP contribution is 2.31. The smallest absolute Gasteiger partial charge is 0.345 e. The molecule has 0 fully saturated rings. The fourth-order valence-electron chi connectivity index (χ4n) is 1.34. The van der Waals surface area contributed by atoms with Gasteiger partial charge in [0.2, 0.25) is 0 Å². The van der Waals surface area contributed by atoms with Crippen LogP contribution in [0.3, 0.4) is 0 Å². The first-order valence-electron chi connectivity index (χ1n) is 4.09. The zero-order valence-electron chi connectivity index (χ0n) is 7.61. The third kappa shape index (κ3) is 1.59. The average molecular weight is 214 g/mol. The number of carboxylic acid groups (broad SMARTS) is 1. The zero-order valence-corrected chi connectivity index (χ0v) is 8.43. The van der Waals surface area contributed by atoms with E-state index in [2.05, 4.69) is 5.32 Å². The average Bonchev–Trinajstić information content (AvgIpc) is 2.59. The normalized spacial score (nSPS) is 16.1. The molecule has 1 aliphatic heterocycles. The Kier molecular flexibility index (Phi) is 2.40. The lowest BCUT2D eigenvalue weighted by Crippen LogP contribution is -2.31. The Hall–Kier alpha value is -1.11. The highest BCUT2D eigenvalue weighted by molar-refractivity contribution is 7.18.